The van der Waals surface area contributed by atoms with Gasteiger partial charge >= 0.3 is 5.97 Å². The number of thioether (sulfide) groups is 1. The molecular weight excluding hydrogens is 282 g/mol. The number of ether oxygens (including phenoxy) is 1. The summed E-state index contributed by atoms with van der Waals surface area (Å²) in [5, 5.41) is 3.34. The first-order chi connectivity index (χ1) is 10.3. The Balaban J connectivity index is 1.98. The Kier molecular flexibility index (Phi) is 11.1. The molecule has 4 heteroatoms. The van der Waals surface area contributed by atoms with Gasteiger partial charge in [-0.3, -0.25) is 4.79 Å². The zero-order chi connectivity index (χ0) is 15.3. The molecule has 1 heterocycles. The molecule has 0 aromatic heterocycles. The van der Waals surface area contributed by atoms with E-state index in [4.69, 9.17) is 4.74 Å². The first kappa shape index (κ1) is 18.8. The van der Waals surface area contributed by atoms with E-state index in [1.165, 1.54) is 51.4 Å². The minimum absolute atomic E-state index is 0.0418. The summed E-state index contributed by atoms with van der Waals surface area (Å²) in [5.74, 6) is 0.968. The van der Waals surface area contributed by atoms with E-state index in [0.717, 1.165) is 25.1 Å². The highest BCUT2D eigenvalue weighted by Gasteiger charge is 2.28. The minimum atomic E-state index is -0.0766. The zero-order valence-corrected chi connectivity index (χ0v) is 14.7. The van der Waals surface area contributed by atoms with Gasteiger partial charge in [-0.15, -0.1) is 0 Å². The maximum absolute atomic E-state index is 11.9. The number of nitrogens with one attached hydrogen (secondary N) is 1. The molecule has 21 heavy (non-hydrogen) atoms. The van der Waals surface area contributed by atoms with Crippen molar-refractivity contribution < 1.29 is 9.53 Å². The van der Waals surface area contributed by atoms with Crippen molar-refractivity contribution in [1.82, 2.24) is 5.32 Å². The standard InChI is InChI=1S/C17H33NO2S/c1-3-4-5-6-7-8-9-10-11-15-14-18-16(12-13-21-2)17(19)20-15/h15-16,18H,3-14H2,1-2H3. The normalized spacial score (nSPS) is 22.3. The van der Waals surface area contributed by atoms with Gasteiger partial charge in [0, 0.05) is 6.54 Å². The second-order valence-electron chi connectivity index (χ2n) is 6.06. The summed E-state index contributed by atoms with van der Waals surface area (Å²) in [6.07, 6.45) is 14.7. The summed E-state index contributed by atoms with van der Waals surface area (Å²) < 4.78 is 5.54. The largest absolute Gasteiger partial charge is 0.460 e. The molecule has 0 aromatic rings. The molecule has 0 bridgehead atoms. The summed E-state index contributed by atoms with van der Waals surface area (Å²) in [4.78, 5) is 11.9. The molecule has 1 rings (SSSR count). The lowest BCUT2D eigenvalue weighted by atomic mass is 10.0. The van der Waals surface area contributed by atoms with E-state index in [1.54, 1.807) is 11.8 Å². The summed E-state index contributed by atoms with van der Waals surface area (Å²) >= 11 is 1.78. The molecule has 3 nitrogen and oxygen atoms in total. The number of cyclic esters (lactones) is 1. The maximum atomic E-state index is 11.9. The second kappa shape index (κ2) is 12.3. The molecule has 1 aliphatic heterocycles. The fourth-order valence-electron chi connectivity index (χ4n) is 2.77. The average molecular weight is 316 g/mol. The third-order valence-corrected chi connectivity index (χ3v) is 4.79. The van der Waals surface area contributed by atoms with Gasteiger partial charge in [-0.05, 0) is 31.3 Å². The maximum Gasteiger partial charge on any atom is 0.323 e. The number of carbonyl (C=O) groups excluding carboxylic acids is 1. The van der Waals surface area contributed by atoms with Crippen molar-refractivity contribution in [2.45, 2.75) is 83.3 Å². The first-order valence-corrected chi connectivity index (χ1v) is 10.1. The summed E-state index contributed by atoms with van der Waals surface area (Å²) in [7, 11) is 0. The van der Waals surface area contributed by atoms with Crippen LogP contribution in [0.25, 0.3) is 0 Å². The molecule has 2 unspecified atom stereocenters. The molecule has 0 radical (unpaired) electrons. The first-order valence-electron chi connectivity index (χ1n) is 8.70. The van der Waals surface area contributed by atoms with E-state index in [-0.39, 0.29) is 18.1 Å². The van der Waals surface area contributed by atoms with Gasteiger partial charge in [-0.25, -0.2) is 0 Å². The van der Waals surface area contributed by atoms with Crippen LogP contribution in [0, 0.1) is 0 Å². The highest BCUT2D eigenvalue weighted by Crippen LogP contribution is 2.15. The van der Waals surface area contributed by atoms with Gasteiger partial charge in [0.2, 0.25) is 0 Å². The molecule has 0 spiro atoms. The predicted molar refractivity (Wildman–Crippen MR) is 91.9 cm³/mol. The van der Waals surface area contributed by atoms with Crippen molar-refractivity contribution in [2.24, 2.45) is 0 Å². The highest BCUT2D eigenvalue weighted by molar-refractivity contribution is 7.98. The number of hydrogen-bond donors (Lipinski definition) is 1. The van der Waals surface area contributed by atoms with Crippen LogP contribution in [-0.2, 0) is 9.53 Å². The van der Waals surface area contributed by atoms with E-state index in [0.29, 0.717) is 0 Å². The van der Waals surface area contributed by atoms with Crippen molar-refractivity contribution in [1.29, 1.82) is 0 Å². The van der Waals surface area contributed by atoms with Crippen LogP contribution in [-0.4, -0.2) is 36.7 Å². The van der Waals surface area contributed by atoms with Gasteiger partial charge in [0.1, 0.15) is 12.1 Å². The molecule has 0 aromatic carbocycles. The number of morpholine rings is 1. The number of carbonyl (C=O) groups is 1. The fourth-order valence-corrected chi connectivity index (χ4v) is 3.24. The molecule has 1 saturated heterocycles. The predicted octanol–water partition coefficient (Wildman–Crippen LogP) is 4.15. The number of unbranched alkanes of at least 4 members (excludes halogenated alkanes) is 7. The van der Waals surface area contributed by atoms with Crippen LogP contribution in [0.1, 0.15) is 71.1 Å². The molecule has 2 atom stereocenters. The molecule has 0 saturated carbocycles. The average Bonchev–Trinajstić information content (AvgIpc) is 2.49. The van der Waals surface area contributed by atoms with Crippen molar-refractivity contribution in [3.8, 4) is 0 Å². The molecule has 0 amide bonds. The van der Waals surface area contributed by atoms with Crippen LogP contribution in [0.2, 0.25) is 0 Å². The Morgan fingerprint density at radius 3 is 2.38 bits per heavy atom. The lowest BCUT2D eigenvalue weighted by Crippen LogP contribution is -2.50. The van der Waals surface area contributed by atoms with E-state index in [1.807, 2.05) is 0 Å². The Morgan fingerprint density at radius 1 is 1.10 bits per heavy atom. The zero-order valence-electron chi connectivity index (χ0n) is 13.9. The minimum Gasteiger partial charge on any atom is -0.460 e. The van der Waals surface area contributed by atoms with Gasteiger partial charge in [0.05, 0.1) is 0 Å². The third kappa shape index (κ3) is 8.72. The van der Waals surface area contributed by atoms with Gasteiger partial charge < -0.3 is 10.1 Å². The summed E-state index contributed by atoms with van der Waals surface area (Å²) in [6, 6.07) is -0.0766. The van der Waals surface area contributed by atoms with E-state index in [2.05, 4.69) is 18.5 Å². The quantitative estimate of drug-likeness (QED) is 0.433. The number of esters is 1. The summed E-state index contributed by atoms with van der Waals surface area (Å²) in [6.45, 7) is 3.09. The van der Waals surface area contributed by atoms with Crippen molar-refractivity contribution >= 4 is 17.7 Å². The van der Waals surface area contributed by atoms with Gasteiger partial charge in [-0.2, -0.15) is 11.8 Å². The topological polar surface area (TPSA) is 38.3 Å². The van der Waals surface area contributed by atoms with Crippen molar-refractivity contribution in [3.63, 3.8) is 0 Å². The van der Waals surface area contributed by atoms with Crippen LogP contribution in [0.15, 0.2) is 0 Å². The molecule has 1 fully saturated rings. The Hall–Kier alpha value is -0.220. The van der Waals surface area contributed by atoms with E-state index in [9.17, 15) is 4.79 Å². The highest BCUT2D eigenvalue weighted by atomic mass is 32.2. The van der Waals surface area contributed by atoms with Crippen molar-refractivity contribution in [2.75, 3.05) is 18.6 Å². The van der Waals surface area contributed by atoms with Crippen LogP contribution in [0.3, 0.4) is 0 Å². The third-order valence-electron chi connectivity index (χ3n) is 4.15. The lowest BCUT2D eigenvalue weighted by molar-refractivity contribution is -0.156. The van der Waals surface area contributed by atoms with E-state index >= 15 is 0 Å². The summed E-state index contributed by atoms with van der Waals surface area (Å²) in [5.41, 5.74) is 0. The number of rotatable bonds is 12. The molecule has 1 N–H and O–H groups in total. The smallest absolute Gasteiger partial charge is 0.323 e. The molecule has 1 aliphatic rings. The van der Waals surface area contributed by atoms with Gasteiger partial charge in [0.15, 0.2) is 0 Å². The Morgan fingerprint density at radius 2 is 1.76 bits per heavy atom. The van der Waals surface area contributed by atoms with Crippen LogP contribution < -0.4 is 5.32 Å². The van der Waals surface area contributed by atoms with Crippen LogP contribution in [0.4, 0.5) is 0 Å². The molecule has 124 valence electrons. The monoisotopic (exact) mass is 315 g/mol. The fraction of sp³-hybridized carbons (Fsp3) is 0.941. The second-order valence-corrected chi connectivity index (χ2v) is 7.05. The Labute approximate surface area is 135 Å². The number of hydrogen-bond acceptors (Lipinski definition) is 4. The SMILES string of the molecule is CCCCCCCCCCC1CNC(CCSC)C(=O)O1. The van der Waals surface area contributed by atoms with Crippen molar-refractivity contribution in [3.05, 3.63) is 0 Å². The van der Waals surface area contributed by atoms with Gasteiger partial charge in [-0.1, -0.05) is 51.9 Å². The van der Waals surface area contributed by atoms with Crippen LogP contribution in [0.5, 0.6) is 0 Å². The lowest BCUT2D eigenvalue weighted by Gasteiger charge is -2.29. The molecule has 0 aliphatic carbocycles. The van der Waals surface area contributed by atoms with E-state index < -0.39 is 0 Å². The molecular formula is C17H33NO2S. The van der Waals surface area contributed by atoms with Crippen LogP contribution >= 0.6 is 11.8 Å². The Bertz CT molecular complexity index is 274. The van der Waals surface area contributed by atoms with Gasteiger partial charge in [0.25, 0.3) is 0 Å².